The van der Waals surface area contributed by atoms with Gasteiger partial charge >= 0.3 is 6.03 Å². The average Bonchev–Trinajstić information content (AvgIpc) is 2.69. The molecular formula is C22H27N3O. The van der Waals surface area contributed by atoms with Crippen LogP contribution in [0.15, 0.2) is 42.5 Å². The maximum absolute atomic E-state index is 13.1. The Balaban J connectivity index is 1.45. The lowest BCUT2D eigenvalue weighted by molar-refractivity contribution is 0.200. The van der Waals surface area contributed by atoms with Gasteiger partial charge in [-0.3, -0.25) is 4.90 Å². The molecule has 4 nitrogen and oxygen atoms in total. The number of para-hydroxylation sites is 1. The smallest absolute Gasteiger partial charge is 0.324 e. The predicted molar refractivity (Wildman–Crippen MR) is 107 cm³/mol. The minimum Gasteiger partial charge on any atom is -0.368 e. The van der Waals surface area contributed by atoms with E-state index in [1.807, 2.05) is 15.9 Å². The summed E-state index contributed by atoms with van der Waals surface area (Å²) in [5.74, 6) is 0. The summed E-state index contributed by atoms with van der Waals surface area (Å²) in [7, 11) is 0. The second-order valence-corrected chi connectivity index (χ2v) is 7.36. The van der Waals surface area contributed by atoms with Gasteiger partial charge in [-0.25, -0.2) is 4.79 Å². The minimum absolute atomic E-state index is 0.165. The van der Waals surface area contributed by atoms with E-state index in [0.29, 0.717) is 0 Å². The molecule has 2 aromatic carbocycles. The van der Waals surface area contributed by atoms with Gasteiger partial charge in [0.2, 0.25) is 0 Å². The minimum atomic E-state index is 0.165. The Morgan fingerprint density at radius 2 is 1.58 bits per heavy atom. The summed E-state index contributed by atoms with van der Waals surface area (Å²) in [5.41, 5.74) is 6.37. The Morgan fingerprint density at radius 1 is 0.846 bits per heavy atom. The van der Waals surface area contributed by atoms with Gasteiger partial charge in [-0.2, -0.15) is 0 Å². The quantitative estimate of drug-likeness (QED) is 0.778. The van der Waals surface area contributed by atoms with Crippen molar-refractivity contribution in [1.29, 1.82) is 0 Å². The maximum atomic E-state index is 13.1. The first-order chi connectivity index (χ1) is 12.6. The van der Waals surface area contributed by atoms with Gasteiger partial charge in [0.1, 0.15) is 0 Å². The van der Waals surface area contributed by atoms with Crippen molar-refractivity contribution in [2.45, 2.75) is 26.7 Å². The molecule has 1 saturated heterocycles. The molecule has 2 amide bonds. The van der Waals surface area contributed by atoms with Crippen LogP contribution in [0.2, 0.25) is 0 Å². The third kappa shape index (κ3) is 3.05. The first-order valence-corrected chi connectivity index (χ1v) is 9.60. The molecule has 2 aliphatic heterocycles. The number of hydrogen-bond donors (Lipinski definition) is 0. The highest BCUT2D eigenvalue weighted by Crippen LogP contribution is 2.29. The van der Waals surface area contributed by atoms with Crippen LogP contribution in [-0.2, 0) is 6.42 Å². The van der Waals surface area contributed by atoms with Crippen molar-refractivity contribution in [1.82, 2.24) is 4.90 Å². The molecule has 26 heavy (non-hydrogen) atoms. The number of carbonyl (C=O) groups excluding carboxylic acids is 1. The molecular weight excluding hydrogens is 322 g/mol. The lowest BCUT2D eigenvalue weighted by Crippen LogP contribution is -2.54. The highest BCUT2D eigenvalue weighted by molar-refractivity contribution is 5.93. The SMILES string of the molecule is Cc1cccc(N2CCN(C(=O)N3CCCc4ccccc43)CC2)c1C. The molecule has 0 aliphatic carbocycles. The third-order valence-electron chi connectivity index (χ3n) is 5.81. The lowest BCUT2D eigenvalue weighted by atomic mass is 10.0. The van der Waals surface area contributed by atoms with E-state index in [9.17, 15) is 4.79 Å². The summed E-state index contributed by atoms with van der Waals surface area (Å²) in [6.45, 7) is 8.53. The van der Waals surface area contributed by atoms with Gasteiger partial charge in [-0.15, -0.1) is 0 Å². The first-order valence-electron chi connectivity index (χ1n) is 9.60. The fraction of sp³-hybridized carbons (Fsp3) is 0.409. The van der Waals surface area contributed by atoms with Crippen molar-refractivity contribution in [2.24, 2.45) is 0 Å². The van der Waals surface area contributed by atoms with Crippen molar-refractivity contribution >= 4 is 17.4 Å². The van der Waals surface area contributed by atoms with E-state index in [1.165, 1.54) is 22.4 Å². The van der Waals surface area contributed by atoms with Gasteiger partial charge in [0.15, 0.2) is 0 Å². The van der Waals surface area contributed by atoms with E-state index in [0.717, 1.165) is 51.3 Å². The molecule has 0 spiro atoms. The number of benzene rings is 2. The maximum Gasteiger partial charge on any atom is 0.324 e. The van der Waals surface area contributed by atoms with Crippen molar-refractivity contribution in [3.63, 3.8) is 0 Å². The normalized spacial score (nSPS) is 17.2. The van der Waals surface area contributed by atoms with Gasteiger partial charge in [0.05, 0.1) is 0 Å². The highest BCUT2D eigenvalue weighted by Gasteiger charge is 2.29. The van der Waals surface area contributed by atoms with E-state index in [-0.39, 0.29) is 6.03 Å². The van der Waals surface area contributed by atoms with Gasteiger partial charge in [-0.05, 0) is 55.5 Å². The molecule has 0 N–H and O–H groups in total. The van der Waals surface area contributed by atoms with Crippen LogP contribution >= 0.6 is 0 Å². The van der Waals surface area contributed by atoms with Crippen LogP contribution in [0.1, 0.15) is 23.1 Å². The number of aryl methyl sites for hydroxylation is 2. The van der Waals surface area contributed by atoms with E-state index in [2.05, 4.69) is 55.1 Å². The van der Waals surface area contributed by atoms with Crippen molar-refractivity contribution in [3.05, 3.63) is 59.2 Å². The van der Waals surface area contributed by atoms with Gasteiger partial charge in [-0.1, -0.05) is 30.3 Å². The number of rotatable bonds is 1. The number of nitrogens with zero attached hydrogens (tertiary/aromatic N) is 3. The van der Waals surface area contributed by atoms with E-state index >= 15 is 0 Å². The van der Waals surface area contributed by atoms with Crippen LogP contribution in [-0.4, -0.2) is 43.7 Å². The van der Waals surface area contributed by atoms with Crippen LogP contribution in [0.5, 0.6) is 0 Å². The average molecular weight is 349 g/mol. The second-order valence-electron chi connectivity index (χ2n) is 7.36. The van der Waals surface area contributed by atoms with Gasteiger partial charge in [0.25, 0.3) is 0 Å². The van der Waals surface area contributed by atoms with Crippen molar-refractivity contribution in [2.75, 3.05) is 42.5 Å². The molecule has 2 aliphatic rings. The summed E-state index contributed by atoms with van der Waals surface area (Å²) in [6, 6.07) is 15.0. The number of urea groups is 1. The molecule has 0 atom stereocenters. The molecule has 1 fully saturated rings. The van der Waals surface area contributed by atoms with E-state index in [4.69, 9.17) is 0 Å². The van der Waals surface area contributed by atoms with E-state index < -0.39 is 0 Å². The zero-order chi connectivity index (χ0) is 18.1. The molecule has 0 unspecified atom stereocenters. The number of amides is 2. The fourth-order valence-corrected chi connectivity index (χ4v) is 4.12. The Bertz CT molecular complexity index is 809. The molecule has 4 rings (SSSR count). The number of carbonyl (C=O) groups is 1. The summed E-state index contributed by atoms with van der Waals surface area (Å²) in [4.78, 5) is 19.5. The summed E-state index contributed by atoms with van der Waals surface area (Å²) < 4.78 is 0. The standard InChI is InChI=1S/C22H27N3O/c1-17-7-5-11-20(18(17)2)23-13-15-24(16-14-23)22(26)25-12-6-9-19-8-3-4-10-21(19)25/h3-5,7-8,10-11H,6,9,12-16H2,1-2H3. The zero-order valence-electron chi connectivity index (χ0n) is 15.7. The summed E-state index contributed by atoms with van der Waals surface area (Å²) >= 11 is 0. The molecule has 0 aromatic heterocycles. The van der Waals surface area contributed by atoms with Crippen LogP contribution in [0, 0.1) is 13.8 Å². The monoisotopic (exact) mass is 349 g/mol. The number of hydrogen-bond acceptors (Lipinski definition) is 2. The van der Waals surface area contributed by atoms with Crippen molar-refractivity contribution < 1.29 is 4.79 Å². The number of anilines is 2. The molecule has 136 valence electrons. The van der Waals surface area contributed by atoms with Crippen molar-refractivity contribution in [3.8, 4) is 0 Å². The zero-order valence-corrected chi connectivity index (χ0v) is 15.7. The Hall–Kier alpha value is -2.49. The molecule has 0 bridgehead atoms. The Labute approximate surface area is 156 Å². The fourth-order valence-electron chi connectivity index (χ4n) is 4.12. The third-order valence-corrected chi connectivity index (χ3v) is 5.81. The Morgan fingerprint density at radius 3 is 2.38 bits per heavy atom. The summed E-state index contributed by atoms with van der Waals surface area (Å²) in [6.07, 6.45) is 2.12. The highest BCUT2D eigenvalue weighted by atomic mass is 16.2. The largest absolute Gasteiger partial charge is 0.368 e. The first kappa shape index (κ1) is 17.0. The molecule has 0 saturated carbocycles. The topological polar surface area (TPSA) is 26.8 Å². The molecule has 2 heterocycles. The summed E-state index contributed by atoms with van der Waals surface area (Å²) in [5, 5.41) is 0. The van der Waals surface area contributed by atoms with Crippen LogP contribution in [0.25, 0.3) is 0 Å². The van der Waals surface area contributed by atoms with E-state index in [1.54, 1.807) is 0 Å². The van der Waals surface area contributed by atoms with Crippen LogP contribution in [0.3, 0.4) is 0 Å². The molecule has 0 radical (unpaired) electrons. The molecule has 4 heteroatoms. The number of fused-ring (bicyclic) bond motifs is 1. The van der Waals surface area contributed by atoms with Gasteiger partial charge in [0, 0.05) is 44.1 Å². The lowest BCUT2D eigenvalue weighted by Gasteiger charge is -2.40. The molecule has 2 aromatic rings. The van der Waals surface area contributed by atoms with Crippen LogP contribution < -0.4 is 9.80 Å². The second kappa shape index (κ2) is 7.02. The Kier molecular flexibility index (Phi) is 4.58. The van der Waals surface area contributed by atoms with Crippen LogP contribution in [0.4, 0.5) is 16.2 Å². The number of piperazine rings is 1. The van der Waals surface area contributed by atoms with Gasteiger partial charge < -0.3 is 9.80 Å². The predicted octanol–water partition coefficient (Wildman–Crippen LogP) is 4.00.